The van der Waals surface area contributed by atoms with Crippen LogP contribution in [0.3, 0.4) is 0 Å². The molecule has 1 aromatic carbocycles. The van der Waals surface area contributed by atoms with Crippen molar-refractivity contribution in [2.24, 2.45) is 0 Å². The van der Waals surface area contributed by atoms with E-state index in [9.17, 15) is 13.2 Å². The minimum atomic E-state index is -1.22. The molecule has 2 rings (SSSR count). The van der Waals surface area contributed by atoms with Gasteiger partial charge >= 0.3 is 0 Å². The minimum Gasteiger partial charge on any atom is -0.384 e. The van der Waals surface area contributed by atoms with E-state index in [0.29, 0.717) is 24.0 Å². The summed E-state index contributed by atoms with van der Waals surface area (Å²) in [6.07, 6.45) is 0. The quantitative estimate of drug-likeness (QED) is 0.826. The fraction of sp³-hybridized carbons (Fsp3) is 0.308. The van der Waals surface area contributed by atoms with Crippen molar-refractivity contribution in [3.63, 3.8) is 0 Å². The van der Waals surface area contributed by atoms with E-state index in [1.807, 2.05) is 6.92 Å². The monoisotopic (exact) mass is 254 g/mol. The number of aryl methyl sites for hydroxylation is 1. The number of benzene rings is 1. The van der Waals surface area contributed by atoms with Gasteiger partial charge in [-0.25, -0.2) is 18.2 Å². The van der Waals surface area contributed by atoms with Gasteiger partial charge in [0.25, 0.3) is 0 Å². The second kappa shape index (κ2) is 4.48. The van der Waals surface area contributed by atoms with Crippen LogP contribution in [0.5, 0.6) is 0 Å². The number of nitrogens with zero attached hydrogens (tertiary/aromatic N) is 1. The summed E-state index contributed by atoms with van der Waals surface area (Å²) in [4.78, 5) is 3.94. The van der Waals surface area contributed by atoms with Crippen LogP contribution in [-0.4, -0.2) is 11.5 Å². The first-order valence-electron chi connectivity index (χ1n) is 5.65. The second-order valence-electron chi connectivity index (χ2n) is 4.11. The van der Waals surface area contributed by atoms with Crippen LogP contribution in [0.1, 0.15) is 18.2 Å². The summed E-state index contributed by atoms with van der Waals surface area (Å²) in [6.45, 7) is 5.84. The van der Waals surface area contributed by atoms with Crippen LogP contribution in [-0.2, 0) is 0 Å². The van der Waals surface area contributed by atoms with Gasteiger partial charge in [0.2, 0.25) is 0 Å². The summed E-state index contributed by atoms with van der Waals surface area (Å²) in [5.41, 5.74) is 1.47. The number of aromatic nitrogens is 1. The maximum absolute atomic E-state index is 13.8. The Morgan fingerprint density at radius 3 is 2.44 bits per heavy atom. The molecular formula is C13H13F3N2. The number of anilines is 1. The van der Waals surface area contributed by atoms with Crippen molar-refractivity contribution in [2.75, 3.05) is 11.9 Å². The maximum Gasteiger partial charge on any atom is 0.185 e. The molecule has 1 N–H and O–H groups in total. The Kier molecular flexibility index (Phi) is 3.15. The van der Waals surface area contributed by atoms with Gasteiger partial charge in [-0.2, -0.15) is 0 Å². The van der Waals surface area contributed by atoms with Crippen molar-refractivity contribution in [2.45, 2.75) is 20.8 Å². The summed E-state index contributed by atoms with van der Waals surface area (Å²) in [5, 5.41) is 2.98. The highest BCUT2D eigenvalue weighted by Gasteiger charge is 2.19. The highest BCUT2D eigenvalue weighted by Crippen LogP contribution is 2.32. The zero-order valence-corrected chi connectivity index (χ0v) is 10.4. The van der Waals surface area contributed by atoms with E-state index in [1.54, 1.807) is 13.8 Å². The summed E-state index contributed by atoms with van der Waals surface area (Å²) >= 11 is 0. The lowest BCUT2D eigenvalue weighted by atomic mass is 10.1. The molecule has 1 aromatic heterocycles. The molecule has 5 heteroatoms. The Hall–Kier alpha value is -1.78. The van der Waals surface area contributed by atoms with Crippen molar-refractivity contribution in [1.29, 1.82) is 0 Å². The van der Waals surface area contributed by atoms with Crippen LogP contribution in [0.4, 0.5) is 18.9 Å². The second-order valence-corrected chi connectivity index (χ2v) is 4.11. The number of nitrogens with one attached hydrogen (secondary N) is 1. The van der Waals surface area contributed by atoms with Crippen LogP contribution in [0, 0.1) is 31.3 Å². The maximum atomic E-state index is 13.8. The molecule has 2 nitrogen and oxygen atoms in total. The lowest BCUT2D eigenvalue weighted by Gasteiger charge is -2.14. The number of rotatable bonds is 2. The first-order chi connectivity index (χ1) is 8.47. The van der Waals surface area contributed by atoms with E-state index in [1.165, 1.54) is 0 Å². The van der Waals surface area contributed by atoms with E-state index in [4.69, 9.17) is 0 Å². The third-order valence-corrected chi connectivity index (χ3v) is 2.95. The van der Waals surface area contributed by atoms with E-state index < -0.39 is 17.5 Å². The smallest absolute Gasteiger partial charge is 0.185 e. The normalized spacial score (nSPS) is 11.0. The number of hydrogen-bond donors (Lipinski definition) is 1. The summed E-state index contributed by atoms with van der Waals surface area (Å²) < 4.78 is 40.7. The van der Waals surface area contributed by atoms with Gasteiger partial charge in [0, 0.05) is 18.3 Å². The molecule has 0 saturated carbocycles. The summed E-state index contributed by atoms with van der Waals surface area (Å²) in [7, 11) is 0. The zero-order chi connectivity index (χ0) is 13.4. The molecule has 0 spiro atoms. The van der Waals surface area contributed by atoms with Gasteiger partial charge in [0.1, 0.15) is 11.3 Å². The van der Waals surface area contributed by atoms with Crippen molar-refractivity contribution in [3.8, 4) is 0 Å². The fourth-order valence-corrected chi connectivity index (χ4v) is 1.94. The summed E-state index contributed by atoms with van der Waals surface area (Å²) in [6, 6.07) is 0.551. The van der Waals surface area contributed by atoms with Crippen LogP contribution < -0.4 is 5.32 Å². The average Bonchev–Trinajstić information content (AvgIpc) is 2.32. The van der Waals surface area contributed by atoms with E-state index in [-0.39, 0.29) is 10.9 Å². The predicted octanol–water partition coefficient (Wildman–Crippen LogP) is 3.70. The molecule has 0 aliphatic carbocycles. The third kappa shape index (κ3) is 1.79. The largest absolute Gasteiger partial charge is 0.384 e. The lowest BCUT2D eigenvalue weighted by Crippen LogP contribution is -2.06. The standard InChI is InChI=1S/C13H13F3N2/c1-4-17-12-6(2)7(3)18-13-10(12)8(14)5-9(15)11(13)16/h5H,4H2,1-3H3,(H,17,18). The molecule has 96 valence electrons. The average molecular weight is 254 g/mol. The van der Waals surface area contributed by atoms with Gasteiger partial charge in [0.15, 0.2) is 11.6 Å². The zero-order valence-electron chi connectivity index (χ0n) is 10.4. The molecule has 0 bridgehead atoms. The molecule has 0 saturated heterocycles. The number of pyridine rings is 1. The van der Waals surface area contributed by atoms with Gasteiger partial charge in [0.05, 0.1) is 11.1 Å². The molecule has 18 heavy (non-hydrogen) atoms. The number of hydrogen-bond acceptors (Lipinski definition) is 2. The Bertz CT molecular complexity index is 624. The SMILES string of the molecule is CCNc1c(C)c(C)nc2c(F)c(F)cc(F)c12. The molecule has 1 heterocycles. The molecule has 0 unspecified atom stereocenters. The van der Waals surface area contributed by atoms with Crippen molar-refractivity contribution < 1.29 is 13.2 Å². The first kappa shape index (κ1) is 12.7. The van der Waals surface area contributed by atoms with Crippen molar-refractivity contribution in [3.05, 3.63) is 34.8 Å². The molecule has 0 fully saturated rings. The highest BCUT2D eigenvalue weighted by atomic mass is 19.2. The molecular weight excluding hydrogens is 241 g/mol. The van der Waals surface area contributed by atoms with Gasteiger partial charge in [-0.05, 0) is 26.3 Å². The van der Waals surface area contributed by atoms with Crippen LogP contribution in [0.15, 0.2) is 6.07 Å². The molecule has 0 atom stereocenters. The third-order valence-electron chi connectivity index (χ3n) is 2.95. The van der Waals surface area contributed by atoms with Gasteiger partial charge in [-0.15, -0.1) is 0 Å². The van der Waals surface area contributed by atoms with Crippen LogP contribution in [0.2, 0.25) is 0 Å². The topological polar surface area (TPSA) is 24.9 Å². The summed E-state index contributed by atoms with van der Waals surface area (Å²) in [5.74, 6) is -3.15. The Morgan fingerprint density at radius 2 is 1.83 bits per heavy atom. The molecule has 0 amide bonds. The predicted molar refractivity (Wildman–Crippen MR) is 65.3 cm³/mol. The van der Waals surface area contributed by atoms with Gasteiger partial charge < -0.3 is 5.32 Å². The molecule has 2 aromatic rings. The minimum absolute atomic E-state index is 0.00106. The molecule has 0 radical (unpaired) electrons. The first-order valence-corrected chi connectivity index (χ1v) is 5.65. The molecule has 0 aliphatic rings. The highest BCUT2D eigenvalue weighted by molar-refractivity contribution is 5.94. The van der Waals surface area contributed by atoms with E-state index >= 15 is 0 Å². The van der Waals surface area contributed by atoms with E-state index in [0.717, 1.165) is 5.56 Å². The van der Waals surface area contributed by atoms with Gasteiger partial charge in [-0.1, -0.05) is 0 Å². The lowest BCUT2D eigenvalue weighted by molar-refractivity contribution is 0.504. The number of halogens is 3. The van der Waals surface area contributed by atoms with Crippen LogP contribution in [0.25, 0.3) is 10.9 Å². The fourth-order valence-electron chi connectivity index (χ4n) is 1.94. The molecule has 0 aliphatic heterocycles. The van der Waals surface area contributed by atoms with Crippen molar-refractivity contribution in [1.82, 2.24) is 4.98 Å². The van der Waals surface area contributed by atoms with Gasteiger partial charge in [-0.3, -0.25) is 0 Å². The Labute approximate surface area is 103 Å². The Morgan fingerprint density at radius 1 is 1.17 bits per heavy atom. The van der Waals surface area contributed by atoms with Crippen molar-refractivity contribution >= 4 is 16.6 Å². The van der Waals surface area contributed by atoms with Crippen LogP contribution >= 0.6 is 0 Å². The van der Waals surface area contributed by atoms with E-state index in [2.05, 4.69) is 10.3 Å². The Balaban J connectivity index is 2.96. The number of fused-ring (bicyclic) bond motifs is 1.